The van der Waals surface area contributed by atoms with Gasteiger partial charge in [-0.25, -0.2) is 8.42 Å². The van der Waals surface area contributed by atoms with E-state index in [-0.39, 0.29) is 4.90 Å². The van der Waals surface area contributed by atoms with Crippen molar-refractivity contribution in [2.45, 2.75) is 30.1 Å². The van der Waals surface area contributed by atoms with Gasteiger partial charge in [0, 0.05) is 5.69 Å². The molecule has 0 spiro atoms. The van der Waals surface area contributed by atoms with Crippen LogP contribution in [0.4, 0.5) is 18.9 Å². The number of nitrogens with one attached hydrogen (secondary N) is 2. The first-order valence-electron chi connectivity index (χ1n) is 9.86. The summed E-state index contributed by atoms with van der Waals surface area (Å²) in [4.78, 5) is -0.233. The Bertz CT molecular complexity index is 1130. The molecule has 0 bridgehead atoms. The van der Waals surface area contributed by atoms with Gasteiger partial charge in [-0.1, -0.05) is 78.4 Å². The van der Waals surface area contributed by atoms with Gasteiger partial charge in [-0.2, -0.15) is 17.9 Å². The molecule has 0 unspecified atom stereocenters. The quantitative estimate of drug-likeness (QED) is 0.473. The minimum atomic E-state index is -4.86. The van der Waals surface area contributed by atoms with Gasteiger partial charge in [0.05, 0.1) is 10.9 Å². The highest BCUT2D eigenvalue weighted by molar-refractivity contribution is 7.89. The number of para-hydroxylation sites is 1. The van der Waals surface area contributed by atoms with E-state index in [4.69, 9.17) is 0 Å². The van der Waals surface area contributed by atoms with Crippen molar-refractivity contribution in [2.75, 3.05) is 5.32 Å². The zero-order chi connectivity index (χ0) is 23.2. The number of rotatable bonds is 8. The SMILES string of the molecule is Cc1ccc(S(=O)(=O)N[C@H]([C@H](/C=C/c2ccccc2)Nc2ccccc2)C(F)(F)F)cc1. The molecule has 2 N–H and O–H groups in total. The summed E-state index contributed by atoms with van der Waals surface area (Å²) < 4.78 is 69.7. The minimum Gasteiger partial charge on any atom is -0.377 e. The Labute approximate surface area is 185 Å². The Kier molecular flexibility index (Phi) is 7.37. The number of sulfonamides is 1. The molecule has 3 aromatic carbocycles. The third-order valence-corrected chi connectivity index (χ3v) is 6.18. The Morgan fingerprint density at radius 1 is 0.844 bits per heavy atom. The molecule has 3 aromatic rings. The fourth-order valence-corrected chi connectivity index (χ4v) is 4.29. The van der Waals surface area contributed by atoms with Gasteiger partial charge in [0.2, 0.25) is 10.0 Å². The molecule has 0 aliphatic rings. The van der Waals surface area contributed by atoms with Crippen LogP contribution >= 0.6 is 0 Å². The fraction of sp³-hybridized carbons (Fsp3) is 0.167. The van der Waals surface area contributed by atoms with E-state index in [1.807, 2.05) is 4.72 Å². The highest BCUT2D eigenvalue weighted by Crippen LogP contribution is 2.27. The zero-order valence-electron chi connectivity index (χ0n) is 17.3. The van der Waals surface area contributed by atoms with E-state index in [0.717, 1.165) is 5.56 Å². The van der Waals surface area contributed by atoms with Gasteiger partial charge in [-0.05, 0) is 36.8 Å². The summed E-state index contributed by atoms with van der Waals surface area (Å²) in [6.45, 7) is 1.76. The van der Waals surface area contributed by atoms with Crippen LogP contribution in [-0.2, 0) is 10.0 Å². The lowest BCUT2D eigenvalue weighted by atomic mass is 10.1. The van der Waals surface area contributed by atoms with Crippen molar-refractivity contribution >= 4 is 21.8 Å². The Morgan fingerprint density at radius 3 is 1.97 bits per heavy atom. The van der Waals surface area contributed by atoms with Crippen LogP contribution in [0.5, 0.6) is 0 Å². The number of aryl methyl sites for hydroxylation is 1. The molecule has 8 heteroatoms. The Balaban J connectivity index is 1.97. The van der Waals surface area contributed by atoms with Crippen LogP contribution < -0.4 is 10.0 Å². The second-order valence-electron chi connectivity index (χ2n) is 7.26. The molecule has 32 heavy (non-hydrogen) atoms. The largest absolute Gasteiger partial charge is 0.407 e. The second-order valence-corrected chi connectivity index (χ2v) is 8.97. The average Bonchev–Trinajstić information content (AvgIpc) is 2.76. The van der Waals surface area contributed by atoms with E-state index in [1.165, 1.54) is 36.4 Å². The van der Waals surface area contributed by atoms with Gasteiger partial charge in [-0.15, -0.1) is 0 Å². The van der Waals surface area contributed by atoms with Crippen LogP contribution in [-0.4, -0.2) is 26.7 Å². The maximum Gasteiger partial charge on any atom is 0.407 e. The lowest BCUT2D eigenvalue weighted by Gasteiger charge is -2.29. The normalized spacial score (nSPS) is 14.2. The third-order valence-electron chi connectivity index (χ3n) is 4.73. The molecule has 0 aliphatic carbocycles. The maximum absolute atomic E-state index is 14.1. The van der Waals surface area contributed by atoms with E-state index in [1.54, 1.807) is 67.6 Å². The van der Waals surface area contributed by atoms with Crippen LogP contribution in [0.1, 0.15) is 11.1 Å². The van der Waals surface area contributed by atoms with Crippen molar-refractivity contribution < 1.29 is 21.6 Å². The van der Waals surface area contributed by atoms with Gasteiger partial charge in [0.1, 0.15) is 6.04 Å². The van der Waals surface area contributed by atoms with Gasteiger partial charge in [0.15, 0.2) is 0 Å². The summed E-state index contributed by atoms with van der Waals surface area (Å²) in [5, 5.41) is 2.81. The first-order valence-corrected chi connectivity index (χ1v) is 11.3. The predicted molar refractivity (Wildman–Crippen MR) is 121 cm³/mol. The summed E-state index contributed by atoms with van der Waals surface area (Å²) in [7, 11) is -4.42. The van der Waals surface area contributed by atoms with E-state index in [0.29, 0.717) is 11.3 Å². The smallest absolute Gasteiger partial charge is 0.377 e. The average molecular weight is 461 g/mol. The summed E-state index contributed by atoms with van der Waals surface area (Å²) in [6.07, 6.45) is -2.01. The summed E-state index contributed by atoms with van der Waals surface area (Å²) >= 11 is 0. The molecule has 4 nitrogen and oxygen atoms in total. The molecule has 3 rings (SSSR count). The molecule has 0 aromatic heterocycles. The molecule has 0 aliphatic heterocycles. The number of halogens is 3. The van der Waals surface area contributed by atoms with E-state index in [2.05, 4.69) is 5.32 Å². The van der Waals surface area contributed by atoms with Crippen LogP contribution in [0.3, 0.4) is 0 Å². The van der Waals surface area contributed by atoms with E-state index in [9.17, 15) is 21.6 Å². The number of hydrogen-bond donors (Lipinski definition) is 2. The molecule has 0 fully saturated rings. The fourth-order valence-electron chi connectivity index (χ4n) is 3.04. The number of alkyl halides is 3. The van der Waals surface area contributed by atoms with Crippen molar-refractivity contribution in [2.24, 2.45) is 0 Å². The highest BCUT2D eigenvalue weighted by Gasteiger charge is 2.46. The topological polar surface area (TPSA) is 58.2 Å². The molecule has 2 atom stereocenters. The maximum atomic E-state index is 14.1. The lowest BCUT2D eigenvalue weighted by Crippen LogP contribution is -2.54. The first-order chi connectivity index (χ1) is 15.1. The van der Waals surface area contributed by atoms with Crippen LogP contribution in [0.2, 0.25) is 0 Å². The van der Waals surface area contributed by atoms with Crippen molar-refractivity contribution in [3.05, 3.63) is 102 Å². The zero-order valence-corrected chi connectivity index (χ0v) is 18.1. The summed E-state index contributed by atoms with van der Waals surface area (Å²) in [5.41, 5.74) is 1.92. The molecule has 168 valence electrons. The standard InChI is InChI=1S/C24H23F3N2O2S/c1-18-12-15-21(16-13-18)32(30,31)29-23(24(25,26)27)22(28-20-10-6-3-7-11-20)17-14-19-8-4-2-5-9-19/h2-17,22-23,28-29H,1H3/b17-14+/t22-,23+/m0/s1. The summed E-state index contributed by atoms with van der Waals surface area (Å²) in [6, 6.07) is 19.0. The van der Waals surface area contributed by atoms with Crippen LogP contribution in [0, 0.1) is 6.92 Å². The first kappa shape index (κ1) is 23.6. The molecule has 0 amide bonds. The summed E-state index contributed by atoms with van der Waals surface area (Å²) in [5.74, 6) is 0. The molecular weight excluding hydrogens is 437 g/mol. The lowest BCUT2D eigenvalue weighted by molar-refractivity contribution is -0.152. The molecule has 0 heterocycles. The van der Waals surface area contributed by atoms with Crippen LogP contribution in [0.15, 0.2) is 95.9 Å². The van der Waals surface area contributed by atoms with Gasteiger partial charge >= 0.3 is 6.18 Å². The third kappa shape index (κ3) is 6.45. The molecular formula is C24H23F3N2O2S. The van der Waals surface area contributed by atoms with Gasteiger partial charge < -0.3 is 5.32 Å². The number of benzene rings is 3. The number of hydrogen-bond acceptors (Lipinski definition) is 3. The predicted octanol–water partition coefficient (Wildman–Crippen LogP) is 5.40. The number of anilines is 1. The van der Waals surface area contributed by atoms with Gasteiger partial charge in [0.25, 0.3) is 0 Å². The van der Waals surface area contributed by atoms with Crippen molar-refractivity contribution in [1.29, 1.82) is 0 Å². The molecule has 0 saturated heterocycles. The van der Waals surface area contributed by atoms with Gasteiger partial charge in [-0.3, -0.25) is 0 Å². The second kappa shape index (κ2) is 10.0. The van der Waals surface area contributed by atoms with E-state index < -0.39 is 28.3 Å². The Hall–Kier alpha value is -3.10. The van der Waals surface area contributed by atoms with Crippen LogP contribution in [0.25, 0.3) is 6.08 Å². The highest BCUT2D eigenvalue weighted by atomic mass is 32.2. The molecule has 0 radical (unpaired) electrons. The van der Waals surface area contributed by atoms with Crippen molar-refractivity contribution in [3.8, 4) is 0 Å². The minimum absolute atomic E-state index is 0.233. The van der Waals surface area contributed by atoms with Crippen molar-refractivity contribution in [1.82, 2.24) is 4.72 Å². The van der Waals surface area contributed by atoms with E-state index >= 15 is 0 Å². The van der Waals surface area contributed by atoms with Crippen molar-refractivity contribution in [3.63, 3.8) is 0 Å². The monoisotopic (exact) mass is 460 g/mol. The molecule has 0 saturated carbocycles. The Morgan fingerprint density at radius 2 is 1.41 bits per heavy atom.